The Morgan fingerprint density at radius 1 is 1.27 bits per heavy atom. The second kappa shape index (κ2) is 7.94. The quantitative estimate of drug-likeness (QED) is 0.772. The highest BCUT2D eigenvalue weighted by molar-refractivity contribution is 5.94. The van der Waals surface area contributed by atoms with Crippen LogP contribution in [-0.2, 0) is 11.3 Å². The fourth-order valence-corrected chi connectivity index (χ4v) is 2.88. The van der Waals surface area contributed by atoms with Crippen molar-refractivity contribution in [1.29, 1.82) is 0 Å². The lowest BCUT2D eigenvalue weighted by Gasteiger charge is -2.25. The van der Waals surface area contributed by atoms with Crippen molar-refractivity contribution in [2.75, 3.05) is 6.54 Å². The molecule has 2 unspecified atom stereocenters. The molecule has 1 aliphatic rings. The second-order valence-corrected chi connectivity index (χ2v) is 5.90. The minimum Gasteiger partial charge on any atom is -0.352 e. The van der Waals surface area contributed by atoms with Crippen molar-refractivity contribution in [3.63, 3.8) is 0 Å². The zero-order valence-electron chi connectivity index (χ0n) is 13.1. The van der Waals surface area contributed by atoms with Crippen LogP contribution in [0.3, 0.4) is 0 Å². The van der Waals surface area contributed by atoms with Crippen LogP contribution in [0.5, 0.6) is 0 Å². The fraction of sp³-hybridized carbons (Fsp3) is 0.529. The molecule has 0 bridgehead atoms. The molecule has 0 aromatic heterocycles. The number of hydrogen-bond acceptors (Lipinski definition) is 3. The van der Waals surface area contributed by atoms with Gasteiger partial charge in [-0.15, -0.1) is 0 Å². The van der Waals surface area contributed by atoms with Crippen molar-refractivity contribution in [3.8, 4) is 0 Å². The minimum absolute atomic E-state index is 0.0234. The third kappa shape index (κ3) is 4.56. The molecule has 2 atom stereocenters. The summed E-state index contributed by atoms with van der Waals surface area (Å²) in [6.45, 7) is 2.93. The molecule has 0 aliphatic heterocycles. The molecule has 0 radical (unpaired) electrons. The Morgan fingerprint density at radius 3 is 2.82 bits per heavy atom. The number of nitrogens with one attached hydrogen (secondary N) is 2. The average molecular weight is 303 g/mol. The normalized spacial score (nSPS) is 21.2. The molecular weight excluding hydrogens is 278 g/mol. The van der Waals surface area contributed by atoms with Crippen LogP contribution >= 0.6 is 0 Å². The van der Waals surface area contributed by atoms with Crippen LogP contribution in [0.25, 0.3) is 0 Å². The summed E-state index contributed by atoms with van der Waals surface area (Å²) < 4.78 is 0. The van der Waals surface area contributed by atoms with Gasteiger partial charge in [-0.2, -0.15) is 0 Å². The van der Waals surface area contributed by atoms with Gasteiger partial charge in [-0.05, 0) is 43.9 Å². The molecule has 5 nitrogen and oxygen atoms in total. The summed E-state index contributed by atoms with van der Waals surface area (Å²) in [5, 5.41) is 5.73. The molecular formula is C17H25N3O2. The lowest BCUT2D eigenvalue weighted by molar-refractivity contribution is -0.126. The summed E-state index contributed by atoms with van der Waals surface area (Å²) in [5.41, 5.74) is 7.47. The van der Waals surface area contributed by atoms with Crippen LogP contribution in [0.1, 0.15) is 48.5 Å². The zero-order valence-corrected chi connectivity index (χ0v) is 13.1. The predicted molar refractivity (Wildman–Crippen MR) is 86.2 cm³/mol. The first-order valence-corrected chi connectivity index (χ1v) is 8.00. The number of benzene rings is 1. The number of amides is 2. The summed E-state index contributed by atoms with van der Waals surface area (Å²) in [6, 6.07) is 7.48. The Bertz CT molecular complexity index is 530. The standard InChI is InChI=1S/C17H25N3O2/c1-2-19-16(21)13-6-3-5-12(9-13)11-20-17(22)14-7-4-8-15(18)10-14/h3,5-6,9,14-15H,2,4,7-8,10-11,18H2,1H3,(H,19,21)(H,20,22). The van der Waals surface area contributed by atoms with Gasteiger partial charge in [-0.25, -0.2) is 0 Å². The predicted octanol–water partition coefficient (Wildman–Crippen LogP) is 1.57. The van der Waals surface area contributed by atoms with Crippen molar-refractivity contribution >= 4 is 11.8 Å². The average Bonchev–Trinajstić information content (AvgIpc) is 2.53. The number of hydrogen-bond donors (Lipinski definition) is 3. The Hall–Kier alpha value is -1.88. The highest BCUT2D eigenvalue weighted by Gasteiger charge is 2.24. The van der Waals surface area contributed by atoms with Crippen LogP contribution in [0, 0.1) is 5.92 Å². The maximum absolute atomic E-state index is 12.2. The van der Waals surface area contributed by atoms with Gasteiger partial charge in [-0.1, -0.05) is 18.6 Å². The summed E-state index contributed by atoms with van der Waals surface area (Å²) >= 11 is 0. The molecule has 1 aliphatic carbocycles. The topological polar surface area (TPSA) is 84.2 Å². The van der Waals surface area contributed by atoms with E-state index >= 15 is 0 Å². The smallest absolute Gasteiger partial charge is 0.251 e. The van der Waals surface area contributed by atoms with E-state index in [9.17, 15) is 9.59 Å². The van der Waals surface area contributed by atoms with E-state index in [4.69, 9.17) is 5.73 Å². The molecule has 0 saturated heterocycles. The van der Waals surface area contributed by atoms with E-state index in [-0.39, 0.29) is 23.8 Å². The molecule has 1 aromatic rings. The van der Waals surface area contributed by atoms with E-state index in [0.717, 1.165) is 31.2 Å². The number of carbonyl (C=O) groups is 2. The Kier molecular flexibility index (Phi) is 5.95. The van der Waals surface area contributed by atoms with Crippen LogP contribution in [0.4, 0.5) is 0 Å². The molecule has 1 aromatic carbocycles. The summed E-state index contributed by atoms with van der Waals surface area (Å²) in [4.78, 5) is 24.0. The largest absolute Gasteiger partial charge is 0.352 e. The van der Waals surface area contributed by atoms with Gasteiger partial charge in [0.25, 0.3) is 5.91 Å². The van der Waals surface area contributed by atoms with Gasteiger partial charge in [-0.3, -0.25) is 9.59 Å². The summed E-state index contributed by atoms with van der Waals surface area (Å²) in [7, 11) is 0. The summed E-state index contributed by atoms with van der Waals surface area (Å²) in [5.74, 6) is 0.00261. The maximum atomic E-state index is 12.2. The van der Waals surface area contributed by atoms with Crippen molar-refractivity contribution in [3.05, 3.63) is 35.4 Å². The van der Waals surface area contributed by atoms with Gasteiger partial charge in [0.15, 0.2) is 0 Å². The van der Waals surface area contributed by atoms with E-state index in [1.54, 1.807) is 6.07 Å². The van der Waals surface area contributed by atoms with E-state index in [1.807, 2.05) is 25.1 Å². The molecule has 5 heteroatoms. The SMILES string of the molecule is CCNC(=O)c1cccc(CNC(=O)C2CCCC(N)C2)c1. The van der Waals surface area contributed by atoms with Gasteiger partial charge < -0.3 is 16.4 Å². The molecule has 4 N–H and O–H groups in total. The maximum Gasteiger partial charge on any atom is 0.251 e. The van der Waals surface area contributed by atoms with Crippen LogP contribution in [0.15, 0.2) is 24.3 Å². The molecule has 1 saturated carbocycles. The van der Waals surface area contributed by atoms with Crippen LogP contribution in [-0.4, -0.2) is 24.4 Å². The van der Waals surface area contributed by atoms with Gasteiger partial charge >= 0.3 is 0 Å². The lowest BCUT2D eigenvalue weighted by atomic mass is 9.85. The Labute approximate surface area is 131 Å². The van der Waals surface area contributed by atoms with Crippen molar-refractivity contribution in [1.82, 2.24) is 10.6 Å². The third-order valence-corrected chi connectivity index (χ3v) is 4.08. The number of carbonyl (C=O) groups excluding carboxylic acids is 2. The van der Waals surface area contributed by atoms with E-state index in [0.29, 0.717) is 18.7 Å². The zero-order chi connectivity index (χ0) is 15.9. The van der Waals surface area contributed by atoms with E-state index in [2.05, 4.69) is 10.6 Å². The highest BCUT2D eigenvalue weighted by Crippen LogP contribution is 2.23. The molecule has 0 spiro atoms. The monoisotopic (exact) mass is 303 g/mol. The van der Waals surface area contributed by atoms with Crippen molar-refractivity contribution in [2.45, 2.75) is 45.2 Å². The molecule has 2 rings (SSSR count). The molecule has 22 heavy (non-hydrogen) atoms. The van der Waals surface area contributed by atoms with Crippen molar-refractivity contribution < 1.29 is 9.59 Å². The first-order chi connectivity index (χ1) is 10.6. The number of rotatable bonds is 5. The Balaban J connectivity index is 1.89. The highest BCUT2D eigenvalue weighted by atomic mass is 16.2. The molecule has 1 fully saturated rings. The molecule has 2 amide bonds. The minimum atomic E-state index is -0.0890. The van der Waals surface area contributed by atoms with Crippen LogP contribution < -0.4 is 16.4 Å². The first kappa shape index (κ1) is 16.5. The van der Waals surface area contributed by atoms with E-state index < -0.39 is 0 Å². The van der Waals surface area contributed by atoms with Gasteiger partial charge in [0, 0.05) is 30.6 Å². The fourth-order valence-electron chi connectivity index (χ4n) is 2.88. The molecule has 0 heterocycles. The summed E-state index contributed by atoms with van der Waals surface area (Å²) in [6.07, 6.45) is 3.72. The second-order valence-electron chi connectivity index (χ2n) is 5.90. The van der Waals surface area contributed by atoms with Crippen LogP contribution in [0.2, 0.25) is 0 Å². The molecule has 120 valence electrons. The Morgan fingerprint density at radius 2 is 2.09 bits per heavy atom. The third-order valence-electron chi connectivity index (χ3n) is 4.08. The van der Waals surface area contributed by atoms with Gasteiger partial charge in [0.05, 0.1) is 0 Å². The van der Waals surface area contributed by atoms with Crippen molar-refractivity contribution in [2.24, 2.45) is 11.7 Å². The number of nitrogens with two attached hydrogens (primary N) is 1. The lowest BCUT2D eigenvalue weighted by Crippen LogP contribution is -2.37. The van der Waals surface area contributed by atoms with E-state index in [1.165, 1.54) is 0 Å². The first-order valence-electron chi connectivity index (χ1n) is 8.00. The van der Waals surface area contributed by atoms with Gasteiger partial charge in [0.2, 0.25) is 5.91 Å². The van der Waals surface area contributed by atoms with Gasteiger partial charge in [0.1, 0.15) is 0 Å².